The number of thiophene rings is 1. The van der Waals surface area contributed by atoms with E-state index in [2.05, 4.69) is 49.3 Å². The predicted molar refractivity (Wildman–Crippen MR) is 96.6 cm³/mol. The van der Waals surface area contributed by atoms with Crippen LogP contribution >= 0.6 is 11.3 Å². The van der Waals surface area contributed by atoms with Crippen LogP contribution in [0.15, 0.2) is 29.6 Å². The lowest BCUT2D eigenvalue weighted by Crippen LogP contribution is -2.38. The van der Waals surface area contributed by atoms with Crippen LogP contribution in [0, 0.1) is 5.92 Å². The van der Waals surface area contributed by atoms with Crippen molar-refractivity contribution in [1.82, 2.24) is 14.8 Å². The highest BCUT2D eigenvalue weighted by molar-refractivity contribution is 7.17. The van der Waals surface area contributed by atoms with Gasteiger partial charge in [0.25, 0.3) is 0 Å². The van der Waals surface area contributed by atoms with Crippen LogP contribution in [0.3, 0.4) is 0 Å². The zero-order valence-electron chi connectivity index (χ0n) is 13.5. The van der Waals surface area contributed by atoms with E-state index in [1.807, 2.05) is 0 Å². The molecule has 1 aliphatic carbocycles. The lowest BCUT2D eigenvalue weighted by Gasteiger charge is -2.28. The van der Waals surface area contributed by atoms with Gasteiger partial charge in [0.1, 0.15) is 0 Å². The maximum atomic E-state index is 5.49. The molecule has 0 atom stereocenters. The Labute approximate surface area is 144 Å². The lowest BCUT2D eigenvalue weighted by atomic mass is 10.1. The Balaban J connectivity index is 1.61. The van der Waals surface area contributed by atoms with Gasteiger partial charge in [-0.3, -0.25) is 4.57 Å². The Morgan fingerprint density at radius 2 is 1.96 bits per heavy atom. The standard InChI is InChI=1S/C18H20N4OS/c1-2-4-16-14(3-1)15(12-24-16)17-19-20-18(21-7-9-23-10-8-21)22(17)11-13-5-6-13/h1-4,12-13H,5-11H2. The van der Waals surface area contributed by atoms with E-state index in [0.717, 1.165) is 50.5 Å². The third-order valence-corrected chi connectivity index (χ3v) is 5.85. The molecule has 0 bridgehead atoms. The fourth-order valence-electron chi connectivity index (χ4n) is 3.37. The normalized spacial score (nSPS) is 18.4. The third kappa shape index (κ3) is 2.50. The summed E-state index contributed by atoms with van der Waals surface area (Å²) in [4.78, 5) is 2.32. The van der Waals surface area contributed by atoms with Gasteiger partial charge in [-0.25, -0.2) is 0 Å². The molecule has 2 aromatic heterocycles. The minimum absolute atomic E-state index is 0.771. The van der Waals surface area contributed by atoms with Crippen LogP contribution in [0.5, 0.6) is 0 Å². The summed E-state index contributed by atoms with van der Waals surface area (Å²) in [6.07, 6.45) is 2.65. The van der Waals surface area contributed by atoms with Gasteiger partial charge >= 0.3 is 0 Å². The summed E-state index contributed by atoms with van der Waals surface area (Å²) >= 11 is 1.78. The van der Waals surface area contributed by atoms with Gasteiger partial charge < -0.3 is 9.64 Å². The van der Waals surface area contributed by atoms with Gasteiger partial charge in [-0.1, -0.05) is 18.2 Å². The van der Waals surface area contributed by atoms with E-state index in [-0.39, 0.29) is 0 Å². The number of nitrogens with zero attached hydrogens (tertiary/aromatic N) is 4. The van der Waals surface area contributed by atoms with E-state index in [0.29, 0.717) is 0 Å². The van der Waals surface area contributed by atoms with Crippen molar-refractivity contribution in [3.05, 3.63) is 29.6 Å². The predicted octanol–water partition coefficient (Wildman–Crippen LogP) is 3.41. The number of morpholine rings is 1. The first-order valence-corrected chi connectivity index (χ1v) is 9.50. The number of benzene rings is 1. The van der Waals surface area contributed by atoms with Crippen LogP contribution in [-0.4, -0.2) is 41.1 Å². The molecule has 3 aromatic rings. The average Bonchev–Trinajstić information content (AvgIpc) is 3.20. The molecule has 6 heteroatoms. The lowest BCUT2D eigenvalue weighted by molar-refractivity contribution is 0.121. The van der Waals surface area contributed by atoms with Crippen LogP contribution in [0.4, 0.5) is 5.95 Å². The quantitative estimate of drug-likeness (QED) is 0.730. The molecule has 0 unspecified atom stereocenters. The van der Waals surface area contributed by atoms with E-state index in [1.165, 1.54) is 28.5 Å². The van der Waals surface area contributed by atoms with Gasteiger partial charge in [0.15, 0.2) is 5.82 Å². The van der Waals surface area contributed by atoms with Crippen LogP contribution < -0.4 is 4.90 Å². The summed E-state index contributed by atoms with van der Waals surface area (Å²) in [5.41, 5.74) is 1.21. The Hall–Kier alpha value is -1.92. The minimum Gasteiger partial charge on any atom is -0.378 e. The molecule has 3 heterocycles. The highest BCUT2D eigenvalue weighted by Crippen LogP contribution is 2.37. The molecule has 2 aliphatic rings. The first-order chi connectivity index (χ1) is 11.9. The number of hydrogen-bond donors (Lipinski definition) is 0. The molecule has 5 nitrogen and oxygen atoms in total. The van der Waals surface area contributed by atoms with Gasteiger partial charge in [0.2, 0.25) is 5.95 Å². The monoisotopic (exact) mass is 340 g/mol. The van der Waals surface area contributed by atoms with Crippen molar-refractivity contribution in [3.63, 3.8) is 0 Å². The van der Waals surface area contributed by atoms with Crippen molar-refractivity contribution < 1.29 is 4.74 Å². The third-order valence-electron chi connectivity index (χ3n) is 4.88. The Morgan fingerprint density at radius 1 is 1.12 bits per heavy atom. The van der Waals surface area contributed by atoms with Gasteiger partial charge in [-0.2, -0.15) is 0 Å². The highest BCUT2D eigenvalue weighted by Gasteiger charge is 2.28. The summed E-state index contributed by atoms with van der Waals surface area (Å²) in [6, 6.07) is 8.55. The second kappa shape index (κ2) is 5.86. The summed E-state index contributed by atoms with van der Waals surface area (Å²) in [6.45, 7) is 4.36. The second-order valence-electron chi connectivity index (χ2n) is 6.62. The maximum Gasteiger partial charge on any atom is 0.227 e. The summed E-state index contributed by atoms with van der Waals surface area (Å²) in [7, 11) is 0. The maximum absolute atomic E-state index is 5.49. The average molecular weight is 340 g/mol. The van der Waals surface area contributed by atoms with E-state index >= 15 is 0 Å². The molecular formula is C18H20N4OS. The van der Waals surface area contributed by atoms with Crippen molar-refractivity contribution in [2.75, 3.05) is 31.2 Å². The number of anilines is 1. The van der Waals surface area contributed by atoms with E-state index in [9.17, 15) is 0 Å². The van der Waals surface area contributed by atoms with Crippen LogP contribution in [0.1, 0.15) is 12.8 Å². The summed E-state index contributed by atoms with van der Waals surface area (Å²) in [5.74, 6) is 2.81. The smallest absolute Gasteiger partial charge is 0.227 e. The minimum atomic E-state index is 0.771. The first-order valence-electron chi connectivity index (χ1n) is 8.62. The molecule has 124 valence electrons. The summed E-state index contributed by atoms with van der Waals surface area (Å²) in [5, 5.41) is 12.7. The Morgan fingerprint density at radius 3 is 2.79 bits per heavy atom. The number of rotatable bonds is 4. The van der Waals surface area contributed by atoms with Crippen molar-refractivity contribution in [2.45, 2.75) is 19.4 Å². The Kier molecular flexibility index (Phi) is 3.52. The number of hydrogen-bond acceptors (Lipinski definition) is 5. The molecule has 1 saturated heterocycles. The molecule has 24 heavy (non-hydrogen) atoms. The number of fused-ring (bicyclic) bond motifs is 1. The molecule has 0 N–H and O–H groups in total. The zero-order chi connectivity index (χ0) is 15.9. The van der Waals surface area contributed by atoms with Crippen molar-refractivity contribution in [2.24, 2.45) is 5.92 Å². The SMILES string of the molecule is c1ccc2c(-c3nnc(N4CCOCC4)n3CC3CC3)csc2c1. The Bertz CT molecular complexity index is 861. The summed E-state index contributed by atoms with van der Waals surface area (Å²) < 4.78 is 9.15. The molecule has 1 aliphatic heterocycles. The van der Waals surface area contributed by atoms with Crippen LogP contribution in [-0.2, 0) is 11.3 Å². The van der Waals surface area contributed by atoms with Crippen molar-refractivity contribution >= 4 is 27.4 Å². The van der Waals surface area contributed by atoms with E-state index < -0.39 is 0 Å². The van der Waals surface area contributed by atoms with E-state index in [1.54, 1.807) is 11.3 Å². The van der Waals surface area contributed by atoms with Gasteiger partial charge in [-0.15, -0.1) is 21.5 Å². The molecule has 0 radical (unpaired) electrons. The topological polar surface area (TPSA) is 43.2 Å². The molecule has 0 amide bonds. The fourth-order valence-corrected chi connectivity index (χ4v) is 4.31. The fraction of sp³-hybridized carbons (Fsp3) is 0.444. The van der Waals surface area contributed by atoms with Gasteiger partial charge in [0.05, 0.1) is 13.2 Å². The molecule has 0 spiro atoms. The molecule has 1 saturated carbocycles. The molecular weight excluding hydrogens is 320 g/mol. The first kappa shape index (κ1) is 14.4. The molecule has 5 rings (SSSR count). The van der Waals surface area contributed by atoms with Gasteiger partial charge in [0, 0.05) is 40.7 Å². The second-order valence-corrected chi connectivity index (χ2v) is 7.53. The van der Waals surface area contributed by atoms with Crippen molar-refractivity contribution in [1.29, 1.82) is 0 Å². The zero-order valence-corrected chi connectivity index (χ0v) is 14.3. The van der Waals surface area contributed by atoms with E-state index in [4.69, 9.17) is 4.74 Å². The van der Waals surface area contributed by atoms with Crippen LogP contribution in [0.25, 0.3) is 21.5 Å². The van der Waals surface area contributed by atoms with Crippen LogP contribution in [0.2, 0.25) is 0 Å². The van der Waals surface area contributed by atoms with Gasteiger partial charge in [-0.05, 0) is 24.8 Å². The largest absolute Gasteiger partial charge is 0.378 e. The molecule has 1 aromatic carbocycles. The van der Waals surface area contributed by atoms with Crippen molar-refractivity contribution in [3.8, 4) is 11.4 Å². The number of aromatic nitrogens is 3. The highest BCUT2D eigenvalue weighted by atomic mass is 32.1. The number of ether oxygens (including phenoxy) is 1. The molecule has 2 fully saturated rings.